The lowest BCUT2D eigenvalue weighted by atomic mass is 10.2. The topological polar surface area (TPSA) is 63.2 Å². The Labute approximate surface area is 165 Å². The van der Waals surface area contributed by atoms with E-state index in [-0.39, 0.29) is 10.6 Å². The van der Waals surface area contributed by atoms with Crippen molar-refractivity contribution in [3.05, 3.63) is 72.3 Å². The first-order valence-electron chi connectivity index (χ1n) is 9.11. The predicted octanol–water partition coefficient (Wildman–Crippen LogP) is 4.20. The van der Waals surface area contributed by atoms with Crippen LogP contribution < -0.4 is 4.72 Å². The van der Waals surface area contributed by atoms with Gasteiger partial charge in [-0.3, -0.25) is 4.21 Å². The molecule has 4 nitrogen and oxygen atoms in total. The number of rotatable bonds is 10. The first-order chi connectivity index (χ1) is 12.9. The van der Waals surface area contributed by atoms with Crippen LogP contribution >= 0.6 is 0 Å². The van der Waals surface area contributed by atoms with Crippen LogP contribution in [0.5, 0.6) is 0 Å². The maximum Gasteiger partial charge on any atom is 0.241 e. The first-order valence-corrected chi connectivity index (χ1v) is 11.9. The molecule has 0 unspecified atom stereocenters. The van der Waals surface area contributed by atoms with Gasteiger partial charge in [-0.1, -0.05) is 67.8 Å². The van der Waals surface area contributed by atoms with Gasteiger partial charge in [0.25, 0.3) is 0 Å². The Morgan fingerprint density at radius 2 is 1.74 bits per heavy atom. The van der Waals surface area contributed by atoms with Crippen molar-refractivity contribution in [1.82, 2.24) is 4.72 Å². The van der Waals surface area contributed by atoms with Crippen LogP contribution in [0.4, 0.5) is 0 Å². The number of hydrogen-bond donors (Lipinski definition) is 1. The minimum atomic E-state index is -3.68. The van der Waals surface area contributed by atoms with Crippen molar-refractivity contribution < 1.29 is 12.6 Å². The molecule has 2 rings (SSSR count). The second-order valence-electron chi connectivity index (χ2n) is 6.44. The highest BCUT2D eigenvalue weighted by Crippen LogP contribution is 2.13. The minimum Gasteiger partial charge on any atom is -0.254 e. The molecular weight excluding hydrogens is 378 g/mol. The zero-order valence-electron chi connectivity index (χ0n) is 15.8. The van der Waals surface area contributed by atoms with Gasteiger partial charge in [0.2, 0.25) is 10.0 Å². The van der Waals surface area contributed by atoms with E-state index in [2.05, 4.69) is 11.6 Å². The third-order valence-electron chi connectivity index (χ3n) is 4.07. The summed E-state index contributed by atoms with van der Waals surface area (Å²) in [6, 6.07) is 15.3. The minimum absolute atomic E-state index is 0.192. The van der Waals surface area contributed by atoms with Crippen molar-refractivity contribution >= 4 is 20.8 Å². The molecule has 0 aliphatic carbocycles. The summed E-state index contributed by atoms with van der Waals surface area (Å²) in [7, 11) is -4.98. The van der Waals surface area contributed by atoms with Gasteiger partial charge in [0.05, 0.1) is 21.7 Å². The second kappa shape index (κ2) is 10.5. The van der Waals surface area contributed by atoms with Gasteiger partial charge in [0.15, 0.2) is 0 Å². The van der Waals surface area contributed by atoms with Crippen LogP contribution in [-0.2, 0) is 20.8 Å². The summed E-state index contributed by atoms with van der Waals surface area (Å²) in [6.07, 6.45) is 6.77. The Hall–Kier alpha value is -1.76. The number of allylic oxidation sites excluding steroid dienone is 1. The Morgan fingerprint density at radius 1 is 1.07 bits per heavy atom. The highest BCUT2D eigenvalue weighted by molar-refractivity contribution is 7.89. The van der Waals surface area contributed by atoms with E-state index in [4.69, 9.17) is 0 Å². The van der Waals surface area contributed by atoms with Crippen LogP contribution in [0.15, 0.2) is 76.5 Å². The smallest absolute Gasteiger partial charge is 0.241 e. The van der Waals surface area contributed by atoms with E-state index >= 15 is 0 Å². The Kier molecular flexibility index (Phi) is 8.41. The molecule has 0 aliphatic heterocycles. The average molecular weight is 406 g/mol. The van der Waals surface area contributed by atoms with Crippen molar-refractivity contribution in [2.24, 2.45) is 0 Å². The summed E-state index contributed by atoms with van der Waals surface area (Å²) in [5.74, 6) is 0.192. The molecule has 0 fully saturated rings. The van der Waals surface area contributed by atoms with Gasteiger partial charge in [-0.25, -0.2) is 13.1 Å². The molecule has 2 atom stereocenters. The fourth-order valence-electron chi connectivity index (χ4n) is 2.53. The summed E-state index contributed by atoms with van der Waals surface area (Å²) >= 11 is 0. The molecular formula is C21H27NO3S2. The van der Waals surface area contributed by atoms with Gasteiger partial charge in [-0.15, -0.1) is 0 Å². The van der Waals surface area contributed by atoms with Gasteiger partial charge >= 0.3 is 0 Å². The van der Waals surface area contributed by atoms with Crippen molar-refractivity contribution in [3.63, 3.8) is 0 Å². The number of unbranched alkanes of at least 4 members (excludes halogenated alkanes) is 2. The van der Waals surface area contributed by atoms with Crippen molar-refractivity contribution in [2.75, 3.05) is 5.75 Å². The molecule has 27 heavy (non-hydrogen) atoms. The number of aryl methyl sites for hydroxylation is 1. The molecule has 6 heteroatoms. The summed E-state index contributed by atoms with van der Waals surface area (Å²) < 4.78 is 40.8. The average Bonchev–Trinajstić information content (AvgIpc) is 2.66. The van der Waals surface area contributed by atoms with Gasteiger partial charge < -0.3 is 0 Å². The van der Waals surface area contributed by atoms with E-state index in [1.165, 1.54) is 0 Å². The monoisotopic (exact) mass is 405 g/mol. The summed E-state index contributed by atoms with van der Waals surface area (Å²) in [5, 5.41) is 0. The van der Waals surface area contributed by atoms with Crippen molar-refractivity contribution in [1.29, 1.82) is 0 Å². The van der Waals surface area contributed by atoms with Crippen LogP contribution in [0.25, 0.3) is 0 Å². The molecule has 146 valence electrons. The molecule has 0 aliphatic rings. The Morgan fingerprint density at radius 3 is 2.37 bits per heavy atom. The zero-order valence-corrected chi connectivity index (χ0v) is 17.4. The lowest BCUT2D eigenvalue weighted by Crippen LogP contribution is -2.37. The highest BCUT2D eigenvalue weighted by Gasteiger charge is 2.20. The molecule has 0 bridgehead atoms. The van der Waals surface area contributed by atoms with Crippen LogP contribution in [0.3, 0.4) is 0 Å². The van der Waals surface area contributed by atoms with Gasteiger partial charge in [0, 0.05) is 10.6 Å². The lowest BCUT2D eigenvalue weighted by molar-refractivity contribution is 0.576. The summed E-state index contributed by atoms with van der Waals surface area (Å²) in [5.41, 5.74) is 0.996. The standard InChI is InChI=1S/C21H27NO3S2/c1-3-4-5-7-10-19(17-26(23)20-11-8-6-9-12-20)22-27(24,25)21-15-13-18(2)14-16-21/h6-16,19,22H,3-5,17H2,1-2H3/b10-7-/t19-,26+/m1/s1. The van der Waals surface area contributed by atoms with E-state index < -0.39 is 26.9 Å². The number of hydrogen-bond acceptors (Lipinski definition) is 3. The van der Waals surface area contributed by atoms with E-state index in [1.54, 1.807) is 36.4 Å². The molecule has 0 spiro atoms. The van der Waals surface area contributed by atoms with E-state index in [0.717, 1.165) is 24.8 Å². The predicted molar refractivity (Wildman–Crippen MR) is 112 cm³/mol. The van der Waals surface area contributed by atoms with Gasteiger partial charge in [-0.05, 0) is 37.6 Å². The normalized spacial score (nSPS) is 14.3. The van der Waals surface area contributed by atoms with Gasteiger partial charge in [0.1, 0.15) is 0 Å². The van der Waals surface area contributed by atoms with Crippen LogP contribution in [-0.4, -0.2) is 24.4 Å². The van der Waals surface area contributed by atoms with Crippen LogP contribution in [0.1, 0.15) is 31.7 Å². The van der Waals surface area contributed by atoms with Crippen molar-refractivity contribution in [3.8, 4) is 0 Å². The number of nitrogens with one attached hydrogen (secondary N) is 1. The molecule has 2 aromatic carbocycles. The third kappa shape index (κ3) is 7.05. The van der Waals surface area contributed by atoms with Crippen molar-refractivity contribution in [2.45, 2.75) is 48.9 Å². The quantitative estimate of drug-likeness (QED) is 0.476. The van der Waals surface area contributed by atoms with E-state index in [0.29, 0.717) is 4.90 Å². The number of sulfonamides is 1. The van der Waals surface area contributed by atoms with Crippen LogP contribution in [0, 0.1) is 6.92 Å². The maximum atomic E-state index is 12.7. The summed E-state index contributed by atoms with van der Waals surface area (Å²) in [4.78, 5) is 0.907. The first kappa shape index (κ1) is 21.5. The van der Waals surface area contributed by atoms with Crippen LogP contribution in [0.2, 0.25) is 0 Å². The Balaban J connectivity index is 2.17. The maximum absolute atomic E-state index is 12.7. The zero-order chi connectivity index (χ0) is 19.7. The molecule has 0 saturated carbocycles. The fraction of sp³-hybridized carbons (Fsp3) is 0.333. The molecule has 1 N–H and O–H groups in total. The molecule has 0 amide bonds. The highest BCUT2D eigenvalue weighted by atomic mass is 32.2. The van der Waals surface area contributed by atoms with E-state index in [1.807, 2.05) is 37.3 Å². The molecule has 0 saturated heterocycles. The van der Waals surface area contributed by atoms with Gasteiger partial charge in [-0.2, -0.15) is 0 Å². The Bertz CT molecular complexity index is 860. The SMILES string of the molecule is CCCC/C=C\[C@H](C[S@](=O)c1ccccc1)NS(=O)(=O)c1ccc(C)cc1. The molecule has 0 aromatic heterocycles. The largest absolute Gasteiger partial charge is 0.254 e. The second-order valence-corrected chi connectivity index (χ2v) is 9.65. The fourth-order valence-corrected chi connectivity index (χ4v) is 5.00. The summed E-state index contributed by atoms with van der Waals surface area (Å²) in [6.45, 7) is 4.02. The molecule has 0 radical (unpaired) electrons. The third-order valence-corrected chi connectivity index (χ3v) is 7.03. The van der Waals surface area contributed by atoms with E-state index in [9.17, 15) is 12.6 Å². The molecule has 0 heterocycles. The molecule has 2 aromatic rings. The lowest BCUT2D eigenvalue weighted by Gasteiger charge is -2.16. The number of benzene rings is 2.